The van der Waals surface area contributed by atoms with Crippen LogP contribution in [0, 0.1) is 16.7 Å². The van der Waals surface area contributed by atoms with Crippen LogP contribution in [0.5, 0.6) is 0 Å². The third-order valence-electron chi connectivity index (χ3n) is 4.23. The highest BCUT2D eigenvalue weighted by Gasteiger charge is 2.37. The molecule has 1 aromatic rings. The summed E-state index contributed by atoms with van der Waals surface area (Å²) < 4.78 is 0. The molecule has 20 heavy (non-hydrogen) atoms. The van der Waals surface area contributed by atoms with Crippen molar-refractivity contribution >= 4 is 5.91 Å². The number of hydrogen-bond acceptors (Lipinski definition) is 3. The Morgan fingerprint density at radius 3 is 2.85 bits per heavy atom. The first-order chi connectivity index (χ1) is 9.70. The van der Waals surface area contributed by atoms with Crippen LogP contribution in [0.15, 0.2) is 24.3 Å². The van der Waals surface area contributed by atoms with Crippen molar-refractivity contribution < 1.29 is 4.79 Å². The summed E-state index contributed by atoms with van der Waals surface area (Å²) in [5, 5.41) is 15.2. The van der Waals surface area contributed by atoms with Crippen LogP contribution in [-0.4, -0.2) is 19.0 Å². The van der Waals surface area contributed by atoms with E-state index in [1.54, 1.807) is 6.07 Å². The fourth-order valence-corrected chi connectivity index (χ4v) is 2.77. The van der Waals surface area contributed by atoms with Gasteiger partial charge in [0.15, 0.2) is 0 Å². The number of carbonyl (C=O) groups is 1. The van der Waals surface area contributed by atoms with Crippen molar-refractivity contribution in [3.63, 3.8) is 0 Å². The van der Waals surface area contributed by atoms with Crippen molar-refractivity contribution in [1.29, 1.82) is 5.26 Å². The molecule has 0 aliphatic carbocycles. The Kier molecular flexibility index (Phi) is 4.75. The first-order valence-corrected chi connectivity index (χ1v) is 7.18. The summed E-state index contributed by atoms with van der Waals surface area (Å²) in [6.07, 6.45) is 2.67. The first kappa shape index (κ1) is 14.5. The van der Waals surface area contributed by atoms with Crippen LogP contribution in [0.1, 0.15) is 37.3 Å². The van der Waals surface area contributed by atoms with Crippen LogP contribution < -0.4 is 10.6 Å². The van der Waals surface area contributed by atoms with Gasteiger partial charge in [-0.3, -0.25) is 4.79 Å². The fraction of sp³-hybridized carbons (Fsp3) is 0.500. The monoisotopic (exact) mass is 271 g/mol. The lowest BCUT2D eigenvalue weighted by Gasteiger charge is -2.35. The number of nitrogens with zero attached hydrogens (tertiary/aromatic N) is 1. The Morgan fingerprint density at radius 2 is 2.20 bits per heavy atom. The zero-order valence-corrected chi connectivity index (χ0v) is 11.9. The quantitative estimate of drug-likeness (QED) is 0.879. The van der Waals surface area contributed by atoms with Gasteiger partial charge in [-0.05, 0) is 50.0 Å². The average molecular weight is 271 g/mol. The number of nitrogens with one attached hydrogen (secondary N) is 2. The van der Waals surface area contributed by atoms with Crippen LogP contribution in [0.2, 0.25) is 0 Å². The summed E-state index contributed by atoms with van der Waals surface area (Å²) >= 11 is 0. The predicted molar refractivity (Wildman–Crippen MR) is 77.8 cm³/mol. The number of amides is 1. The normalized spacial score (nSPS) is 17.2. The largest absolute Gasteiger partial charge is 0.352 e. The molecule has 0 spiro atoms. The highest BCUT2D eigenvalue weighted by molar-refractivity contribution is 5.82. The van der Waals surface area contributed by atoms with Crippen molar-refractivity contribution in [2.75, 3.05) is 13.1 Å². The summed E-state index contributed by atoms with van der Waals surface area (Å²) in [6.45, 7) is 4.39. The van der Waals surface area contributed by atoms with Gasteiger partial charge in [-0.1, -0.05) is 19.1 Å². The average Bonchev–Trinajstić information content (AvgIpc) is 2.53. The van der Waals surface area contributed by atoms with Crippen LogP contribution in [0.4, 0.5) is 0 Å². The summed E-state index contributed by atoms with van der Waals surface area (Å²) in [7, 11) is 0. The Hall–Kier alpha value is -1.86. The Labute approximate surface area is 120 Å². The fourth-order valence-electron chi connectivity index (χ4n) is 2.77. The molecular weight excluding hydrogens is 250 g/mol. The lowest BCUT2D eigenvalue weighted by atomic mass is 9.76. The van der Waals surface area contributed by atoms with Crippen molar-refractivity contribution in [2.45, 2.75) is 32.7 Å². The van der Waals surface area contributed by atoms with Crippen LogP contribution in [-0.2, 0) is 11.3 Å². The molecule has 2 N–H and O–H groups in total. The molecule has 0 unspecified atom stereocenters. The maximum absolute atomic E-state index is 12.5. The van der Waals surface area contributed by atoms with E-state index in [2.05, 4.69) is 23.6 Å². The second-order valence-electron chi connectivity index (χ2n) is 5.38. The molecule has 1 aliphatic rings. The van der Waals surface area contributed by atoms with E-state index < -0.39 is 0 Å². The van der Waals surface area contributed by atoms with E-state index in [1.165, 1.54) is 0 Å². The molecule has 0 atom stereocenters. The number of carbonyl (C=O) groups excluding carboxylic acids is 1. The third-order valence-corrected chi connectivity index (χ3v) is 4.23. The minimum Gasteiger partial charge on any atom is -0.352 e. The lowest BCUT2D eigenvalue weighted by molar-refractivity contribution is -0.133. The molecule has 2 rings (SSSR count). The molecule has 1 amide bonds. The van der Waals surface area contributed by atoms with Gasteiger partial charge >= 0.3 is 0 Å². The molecule has 0 aromatic heterocycles. The van der Waals surface area contributed by atoms with Crippen molar-refractivity contribution in [2.24, 2.45) is 5.41 Å². The number of benzene rings is 1. The number of nitriles is 1. The van der Waals surface area contributed by atoms with E-state index in [-0.39, 0.29) is 11.3 Å². The van der Waals surface area contributed by atoms with Crippen molar-refractivity contribution in [3.8, 4) is 6.07 Å². The van der Waals surface area contributed by atoms with E-state index in [0.717, 1.165) is 37.9 Å². The van der Waals surface area contributed by atoms with E-state index in [1.807, 2.05) is 18.2 Å². The highest BCUT2D eigenvalue weighted by atomic mass is 16.2. The van der Waals surface area contributed by atoms with Gasteiger partial charge in [0.05, 0.1) is 17.0 Å². The Morgan fingerprint density at radius 1 is 1.45 bits per heavy atom. The molecule has 0 radical (unpaired) electrons. The minimum absolute atomic E-state index is 0.142. The topological polar surface area (TPSA) is 64.9 Å². The minimum atomic E-state index is -0.224. The molecule has 1 fully saturated rings. The van der Waals surface area contributed by atoms with E-state index in [4.69, 9.17) is 5.26 Å². The maximum Gasteiger partial charge on any atom is 0.226 e. The van der Waals surface area contributed by atoms with E-state index in [0.29, 0.717) is 12.1 Å². The second-order valence-corrected chi connectivity index (χ2v) is 5.38. The van der Waals surface area contributed by atoms with Gasteiger partial charge in [0.25, 0.3) is 0 Å². The Balaban J connectivity index is 1.98. The van der Waals surface area contributed by atoms with Gasteiger partial charge in [-0.15, -0.1) is 0 Å². The zero-order chi connectivity index (χ0) is 14.4. The molecule has 0 saturated carbocycles. The van der Waals surface area contributed by atoms with Gasteiger partial charge in [0.1, 0.15) is 0 Å². The zero-order valence-electron chi connectivity index (χ0n) is 11.9. The van der Waals surface area contributed by atoms with Gasteiger partial charge in [0.2, 0.25) is 5.91 Å². The number of piperidine rings is 1. The van der Waals surface area contributed by atoms with Crippen LogP contribution >= 0.6 is 0 Å². The molecular formula is C16H21N3O. The number of hydrogen-bond donors (Lipinski definition) is 2. The maximum atomic E-state index is 12.5. The molecule has 4 heteroatoms. The van der Waals surface area contributed by atoms with Gasteiger partial charge in [0, 0.05) is 6.54 Å². The van der Waals surface area contributed by atoms with Gasteiger partial charge in [-0.25, -0.2) is 0 Å². The van der Waals surface area contributed by atoms with Crippen molar-refractivity contribution in [1.82, 2.24) is 10.6 Å². The first-order valence-electron chi connectivity index (χ1n) is 7.18. The summed E-state index contributed by atoms with van der Waals surface area (Å²) in [5.41, 5.74) is 1.37. The SMILES string of the molecule is CCC1(C(=O)NCc2cccc(C#N)c2)CCNCC1. The van der Waals surface area contributed by atoms with E-state index >= 15 is 0 Å². The van der Waals surface area contributed by atoms with E-state index in [9.17, 15) is 4.79 Å². The molecule has 1 aliphatic heterocycles. The molecule has 0 bridgehead atoms. The molecule has 1 heterocycles. The van der Waals surface area contributed by atoms with Crippen LogP contribution in [0.3, 0.4) is 0 Å². The summed E-state index contributed by atoms with van der Waals surface area (Å²) in [4.78, 5) is 12.5. The van der Waals surface area contributed by atoms with Gasteiger partial charge in [-0.2, -0.15) is 5.26 Å². The predicted octanol–water partition coefficient (Wildman–Crippen LogP) is 1.95. The summed E-state index contributed by atoms with van der Waals surface area (Å²) in [6, 6.07) is 9.49. The Bertz CT molecular complexity index is 513. The summed E-state index contributed by atoms with van der Waals surface area (Å²) in [5.74, 6) is 0.142. The third kappa shape index (κ3) is 3.17. The van der Waals surface area contributed by atoms with Crippen molar-refractivity contribution in [3.05, 3.63) is 35.4 Å². The molecule has 1 saturated heterocycles. The smallest absolute Gasteiger partial charge is 0.226 e. The second kappa shape index (κ2) is 6.53. The molecule has 1 aromatic carbocycles. The number of rotatable bonds is 4. The standard InChI is InChI=1S/C16H21N3O/c1-2-16(6-8-18-9-7-16)15(20)19-12-14-5-3-4-13(10-14)11-17/h3-5,10,18H,2,6-9,12H2,1H3,(H,19,20). The molecule has 4 nitrogen and oxygen atoms in total. The highest BCUT2D eigenvalue weighted by Crippen LogP contribution is 2.32. The van der Waals surface area contributed by atoms with Gasteiger partial charge < -0.3 is 10.6 Å². The lowest BCUT2D eigenvalue weighted by Crippen LogP contribution is -2.47. The van der Waals surface area contributed by atoms with Crippen LogP contribution in [0.25, 0.3) is 0 Å². The molecule has 106 valence electrons.